The number of nitrogens with one attached hydrogen (secondary N) is 1. The molecule has 18 heavy (non-hydrogen) atoms. The number of hydrogen-bond donors (Lipinski definition) is 2. The van der Waals surface area contributed by atoms with Crippen molar-refractivity contribution in [2.75, 3.05) is 18.9 Å². The van der Waals surface area contributed by atoms with Crippen molar-refractivity contribution in [1.82, 2.24) is 5.32 Å². The molecule has 1 aromatic rings. The summed E-state index contributed by atoms with van der Waals surface area (Å²) in [5, 5.41) is 2.62. The Morgan fingerprint density at radius 2 is 2.11 bits per heavy atom. The molecule has 3 N–H and O–H groups in total. The average Bonchev–Trinajstić information content (AvgIpc) is 2.29. The minimum absolute atomic E-state index is 0. The van der Waals surface area contributed by atoms with Crippen molar-refractivity contribution in [2.24, 2.45) is 0 Å². The number of benzene rings is 1. The Balaban J connectivity index is 0.00000289. The van der Waals surface area contributed by atoms with Gasteiger partial charge in [0.2, 0.25) is 0 Å². The molecule has 1 rings (SSSR count). The fourth-order valence-corrected chi connectivity index (χ4v) is 1.29. The van der Waals surface area contributed by atoms with Crippen molar-refractivity contribution in [2.45, 2.75) is 13.3 Å². The predicted molar refractivity (Wildman–Crippen MR) is 71.7 cm³/mol. The second-order valence-corrected chi connectivity index (χ2v) is 3.44. The largest absolute Gasteiger partial charge is 0.466 e. The van der Waals surface area contributed by atoms with Crippen LogP contribution in [0.2, 0.25) is 0 Å². The van der Waals surface area contributed by atoms with Crippen molar-refractivity contribution >= 4 is 30.0 Å². The van der Waals surface area contributed by atoms with Crippen LogP contribution in [-0.2, 0) is 9.53 Å². The first kappa shape index (κ1) is 16.2. The van der Waals surface area contributed by atoms with Crippen molar-refractivity contribution < 1.29 is 14.3 Å². The minimum Gasteiger partial charge on any atom is -0.466 e. The van der Waals surface area contributed by atoms with Gasteiger partial charge >= 0.3 is 5.97 Å². The van der Waals surface area contributed by atoms with Crippen LogP contribution in [0.15, 0.2) is 24.3 Å². The van der Waals surface area contributed by atoms with Gasteiger partial charge in [0.1, 0.15) is 0 Å². The molecular formula is C12H17ClN2O3. The third kappa shape index (κ3) is 5.54. The van der Waals surface area contributed by atoms with E-state index in [1.54, 1.807) is 31.2 Å². The Kier molecular flexibility index (Phi) is 7.54. The van der Waals surface area contributed by atoms with Crippen LogP contribution in [0.3, 0.4) is 0 Å². The summed E-state index contributed by atoms with van der Waals surface area (Å²) in [6.07, 6.45) is 0.169. The van der Waals surface area contributed by atoms with Crippen LogP contribution >= 0.6 is 12.4 Å². The highest BCUT2D eigenvalue weighted by atomic mass is 35.5. The summed E-state index contributed by atoms with van der Waals surface area (Å²) >= 11 is 0. The highest BCUT2D eigenvalue weighted by Gasteiger charge is 2.06. The molecule has 0 bridgehead atoms. The number of nitrogen functional groups attached to an aromatic ring is 1. The first-order valence-corrected chi connectivity index (χ1v) is 5.43. The highest BCUT2D eigenvalue weighted by Crippen LogP contribution is 2.05. The number of hydrogen-bond acceptors (Lipinski definition) is 4. The smallest absolute Gasteiger partial charge is 0.307 e. The zero-order valence-corrected chi connectivity index (χ0v) is 11.0. The van der Waals surface area contributed by atoms with Gasteiger partial charge in [-0.2, -0.15) is 0 Å². The van der Waals surface area contributed by atoms with Gasteiger partial charge in [0.05, 0.1) is 13.0 Å². The minimum atomic E-state index is -0.319. The van der Waals surface area contributed by atoms with Crippen LogP contribution in [0, 0.1) is 0 Å². The molecule has 0 spiro atoms. The van der Waals surface area contributed by atoms with E-state index in [0.717, 1.165) is 0 Å². The van der Waals surface area contributed by atoms with E-state index in [0.29, 0.717) is 17.9 Å². The number of rotatable bonds is 5. The van der Waals surface area contributed by atoms with Gasteiger partial charge in [0, 0.05) is 17.8 Å². The molecule has 0 aromatic heterocycles. The van der Waals surface area contributed by atoms with E-state index in [4.69, 9.17) is 10.5 Å². The third-order valence-electron chi connectivity index (χ3n) is 2.07. The third-order valence-corrected chi connectivity index (χ3v) is 2.07. The zero-order chi connectivity index (χ0) is 12.7. The normalized spacial score (nSPS) is 9.17. The lowest BCUT2D eigenvalue weighted by Crippen LogP contribution is -2.26. The van der Waals surface area contributed by atoms with Gasteiger partial charge in [-0.15, -0.1) is 12.4 Å². The summed E-state index contributed by atoms with van der Waals surface area (Å²) in [5.41, 5.74) is 6.57. The predicted octanol–water partition coefficient (Wildman–Crippen LogP) is 1.37. The Morgan fingerprint density at radius 3 is 2.72 bits per heavy atom. The lowest BCUT2D eigenvalue weighted by atomic mass is 10.2. The fraction of sp³-hybridized carbons (Fsp3) is 0.333. The Labute approximate surface area is 112 Å². The number of ether oxygens (including phenoxy) is 1. The molecular weight excluding hydrogens is 256 g/mol. The quantitative estimate of drug-likeness (QED) is 0.627. The second-order valence-electron chi connectivity index (χ2n) is 3.44. The van der Waals surface area contributed by atoms with Crippen molar-refractivity contribution in [3.63, 3.8) is 0 Å². The molecule has 5 nitrogen and oxygen atoms in total. The molecule has 0 heterocycles. The Hall–Kier alpha value is -1.75. The molecule has 0 atom stereocenters. The SMILES string of the molecule is CCOC(=O)CCNC(=O)c1cccc(N)c1.Cl. The maximum absolute atomic E-state index is 11.6. The highest BCUT2D eigenvalue weighted by molar-refractivity contribution is 5.95. The average molecular weight is 273 g/mol. The van der Waals surface area contributed by atoms with E-state index in [-0.39, 0.29) is 37.2 Å². The lowest BCUT2D eigenvalue weighted by Gasteiger charge is -2.05. The first-order valence-electron chi connectivity index (χ1n) is 5.43. The van der Waals surface area contributed by atoms with Crippen LogP contribution in [0.4, 0.5) is 5.69 Å². The zero-order valence-electron chi connectivity index (χ0n) is 10.1. The molecule has 0 aliphatic rings. The number of amides is 1. The number of carbonyl (C=O) groups is 2. The van der Waals surface area contributed by atoms with Crippen LogP contribution in [0.25, 0.3) is 0 Å². The second kappa shape index (κ2) is 8.36. The van der Waals surface area contributed by atoms with E-state index in [1.165, 1.54) is 0 Å². The summed E-state index contributed by atoms with van der Waals surface area (Å²) in [6.45, 7) is 2.34. The van der Waals surface area contributed by atoms with Gasteiger partial charge in [-0.25, -0.2) is 0 Å². The van der Waals surface area contributed by atoms with Gasteiger partial charge in [-0.05, 0) is 25.1 Å². The van der Waals surface area contributed by atoms with Crippen LogP contribution in [0.5, 0.6) is 0 Å². The molecule has 0 saturated heterocycles. The number of halogens is 1. The Morgan fingerprint density at radius 1 is 1.39 bits per heavy atom. The van der Waals surface area contributed by atoms with Gasteiger partial charge in [0.15, 0.2) is 0 Å². The summed E-state index contributed by atoms with van der Waals surface area (Å²) in [4.78, 5) is 22.6. The van der Waals surface area contributed by atoms with E-state index in [2.05, 4.69) is 5.32 Å². The molecule has 1 aromatic carbocycles. The van der Waals surface area contributed by atoms with Gasteiger partial charge in [-0.3, -0.25) is 9.59 Å². The van der Waals surface area contributed by atoms with Crippen molar-refractivity contribution in [1.29, 1.82) is 0 Å². The first-order chi connectivity index (χ1) is 8.13. The molecule has 0 saturated carbocycles. The molecule has 0 aliphatic heterocycles. The molecule has 0 radical (unpaired) electrons. The molecule has 6 heteroatoms. The van der Waals surface area contributed by atoms with Crippen LogP contribution < -0.4 is 11.1 Å². The standard InChI is InChI=1S/C12H16N2O3.ClH/c1-2-17-11(15)6-7-14-12(16)9-4-3-5-10(13)8-9;/h3-5,8H,2,6-7,13H2,1H3,(H,14,16);1H. The van der Waals surface area contributed by atoms with E-state index in [9.17, 15) is 9.59 Å². The van der Waals surface area contributed by atoms with Gasteiger partial charge in [-0.1, -0.05) is 6.07 Å². The number of esters is 1. The fourth-order valence-electron chi connectivity index (χ4n) is 1.29. The summed E-state index contributed by atoms with van der Waals surface area (Å²) < 4.78 is 4.74. The Bertz CT molecular complexity index is 410. The number of carbonyl (C=O) groups excluding carboxylic acids is 2. The van der Waals surface area contributed by atoms with Crippen molar-refractivity contribution in [3.05, 3.63) is 29.8 Å². The molecule has 0 unspecified atom stereocenters. The summed E-state index contributed by atoms with van der Waals surface area (Å²) in [5.74, 6) is -0.568. The molecule has 1 amide bonds. The lowest BCUT2D eigenvalue weighted by molar-refractivity contribution is -0.142. The van der Waals surface area contributed by atoms with Gasteiger partial charge in [0.25, 0.3) is 5.91 Å². The maximum Gasteiger partial charge on any atom is 0.307 e. The van der Waals surface area contributed by atoms with E-state index >= 15 is 0 Å². The van der Waals surface area contributed by atoms with Gasteiger partial charge < -0.3 is 15.8 Å². The molecule has 0 aliphatic carbocycles. The maximum atomic E-state index is 11.6. The van der Waals surface area contributed by atoms with E-state index in [1.807, 2.05) is 0 Å². The van der Waals surface area contributed by atoms with Crippen molar-refractivity contribution in [3.8, 4) is 0 Å². The molecule has 0 fully saturated rings. The van der Waals surface area contributed by atoms with Crippen LogP contribution in [-0.4, -0.2) is 25.0 Å². The topological polar surface area (TPSA) is 81.4 Å². The number of nitrogens with two attached hydrogens (primary N) is 1. The number of anilines is 1. The molecule has 100 valence electrons. The van der Waals surface area contributed by atoms with Crippen LogP contribution in [0.1, 0.15) is 23.7 Å². The van der Waals surface area contributed by atoms with E-state index < -0.39 is 0 Å². The monoisotopic (exact) mass is 272 g/mol. The summed E-state index contributed by atoms with van der Waals surface area (Å²) in [7, 11) is 0. The summed E-state index contributed by atoms with van der Waals surface area (Å²) in [6, 6.07) is 6.65.